The molecule has 0 saturated carbocycles. The molecule has 0 bridgehead atoms. The molecule has 5 heteroatoms. The minimum atomic E-state index is -0.268. The third-order valence-electron chi connectivity index (χ3n) is 5.02. The van der Waals surface area contributed by atoms with Gasteiger partial charge in [-0.1, -0.05) is 67.4 Å². The second-order valence-corrected chi connectivity index (χ2v) is 7.60. The molecule has 0 spiro atoms. The summed E-state index contributed by atoms with van der Waals surface area (Å²) in [7, 11) is 0. The van der Waals surface area contributed by atoms with E-state index in [0.717, 1.165) is 18.2 Å². The van der Waals surface area contributed by atoms with Gasteiger partial charge < -0.3 is 10.3 Å². The molecule has 30 heavy (non-hydrogen) atoms. The first-order valence-electron chi connectivity index (χ1n) is 9.88. The highest BCUT2D eigenvalue weighted by Crippen LogP contribution is 2.31. The number of H-pyrrole nitrogens is 1. The van der Waals surface area contributed by atoms with Crippen LogP contribution in [0.5, 0.6) is 0 Å². The van der Waals surface area contributed by atoms with Crippen LogP contribution in [0.3, 0.4) is 0 Å². The summed E-state index contributed by atoms with van der Waals surface area (Å²) in [4.78, 5) is 29.2. The Morgan fingerprint density at radius 1 is 0.933 bits per heavy atom. The summed E-state index contributed by atoms with van der Waals surface area (Å²) in [6.45, 7) is 2.12. The van der Waals surface area contributed by atoms with Gasteiger partial charge in [-0.2, -0.15) is 0 Å². The predicted molar refractivity (Wildman–Crippen MR) is 122 cm³/mol. The smallest absolute Gasteiger partial charge is 0.255 e. The van der Waals surface area contributed by atoms with Gasteiger partial charge in [0.05, 0.1) is 5.69 Å². The van der Waals surface area contributed by atoms with Crippen LogP contribution >= 0.6 is 11.6 Å². The Balaban J connectivity index is 1.73. The number of nitrogens with one attached hydrogen (secondary N) is 2. The topological polar surface area (TPSA) is 62.0 Å². The number of fused-ring (bicyclic) bond motifs is 1. The third-order valence-corrected chi connectivity index (χ3v) is 5.25. The second-order valence-electron chi connectivity index (χ2n) is 7.16. The van der Waals surface area contributed by atoms with Crippen molar-refractivity contribution >= 4 is 39.9 Å². The molecule has 0 radical (unpaired) electrons. The molecule has 0 saturated heterocycles. The highest BCUT2D eigenvalue weighted by atomic mass is 35.5. The van der Waals surface area contributed by atoms with Crippen molar-refractivity contribution in [2.75, 3.05) is 5.32 Å². The first kappa shape index (κ1) is 19.9. The molecule has 0 unspecified atom stereocenters. The number of anilines is 1. The Labute approximate surface area is 179 Å². The van der Waals surface area contributed by atoms with Crippen molar-refractivity contribution in [2.45, 2.75) is 19.8 Å². The lowest BCUT2D eigenvalue weighted by atomic mass is 10.1. The molecule has 4 aromatic rings. The number of halogens is 1. The number of benzene rings is 3. The number of amides is 1. The van der Waals surface area contributed by atoms with Crippen molar-refractivity contribution in [1.82, 2.24) is 4.98 Å². The normalized spacial score (nSPS) is 10.9. The third kappa shape index (κ3) is 4.00. The summed E-state index contributed by atoms with van der Waals surface area (Å²) in [5.41, 5.74) is 3.74. The molecule has 2 N–H and O–H groups in total. The van der Waals surface area contributed by atoms with Gasteiger partial charge in [0, 0.05) is 27.1 Å². The Hall–Kier alpha value is -3.37. The van der Waals surface area contributed by atoms with Crippen molar-refractivity contribution in [3.05, 3.63) is 100 Å². The van der Waals surface area contributed by atoms with Gasteiger partial charge in [-0.15, -0.1) is 0 Å². The van der Waals surface area contributed by atoms with Crippen molar-refractivity contribution in [3.63, 3.8) is 0 Å². The number of ketones is 1. The molecule has 0 aliphatic carbocycles. The zero-order chi connectivity index (χ0) is 21.1. The fourth-order valence-corrected chi connectivity index (χ4v) is 3.67. The number of carbonyl (C=O) groups is 2. The monoisotopic (exact) mass is 416 g/mol. The largest absolute Gasteiger partial charge is 0.350 e. The maximum absolute atomic E-state index is 13.1. The average molecular weight is 417 g/mol. The maximum Gasteiger partial charge on any atom is 0.255 e. The summed E-state index contributed by atoms with van der Waals surface area (Å²) in [5.74, 6) is -0.465. The van der Waals surface area contributed by atoms with E-state index < -0.39 is 0 Å². The Kier molecular flexibility index (Phi) is 5.68. The Morgan fingerprint density at radius 3 is 2.37 bits per heavy atom. The SMILES string of the molecule is CCCc1ccc(C(=O)Nc2c(C(=O)c3ccccc3)[nH]c3cc(Cl)ccc23)cc1. The number of aromatic nitrogens is 1. The number of rotatable bonds is 6. The quantitative estimate of drug-likeness (QED) is 0.364. The summed E-state index contributed by atoms with van der Waals surface area (Å²) >= 11 is 6.13. The highest BCUT2D eigenvalue weighted by Gasteiger charge is 2.21. The number of aromatic amines is 1. The predicted octanol–water partition coefficient (Wildman–Crippen LogP) is 6.26. The lowest BCUT2D eigenvalue weighted by Gasteiger charge is -2.08. The first-order chi connectivity index (χ1) is 14.6. The van der Waals surface area contributed by atoms with E-state index in [4.69, 9.17) is 11.6 Å². The van der Waals surface area contributed by atoms with Crippen LogP contribution in [0.1, 0.15) is 45.3 Å². The Bertz CT molecular complexity index is 1210. The molecule has 3 aromatic carbocycles. The fourth-order valence-electron chi connectivity index (χ4n) is 3.50. The molecule has 1 aromatic heterocycles. The van der Waals surface area contributed by atoms with Crippen LogP contribution in [0, 0.1) is 0 Å². The number of hydrogen-bond acceptors (Lipinski definition) is 2. The second kappa shape index (κ2) is 8.56. The minimum Gasteiger partial charge on any atom is -0.350 e. The van der Waals surface area contributed by atoms with Crippen molar-refractivity contribution in [3.8, 4) is 0 Å². The van der Waals surface area contributed by atoms with E-state index in [1.165, 1.54) is 5.56 Å². The van der Waals surface area contributed by atoms with Gasteiger partial charge in [0.2, 0.25) is 5.78 Å². The van der Waals surface area contributed by atoms with Crippen LogP contribution in [0.4, 0.5) is 5.69 Å². The summed E-state index contributed by atoms with van der Waals surface area (Å²) < 4.78 is 0. The molecular weight excluding hydrogens is 396 g/mol. The van der Waals surface area contributed by atoms with E-state index in [9.17, 15) is 9.59 Å². The molecule has 1 heterocycles. The molecule has 150 valence electrons. The zero-order valence-electron chi connectivity index (χ0n) is 16.5. The van der Waals surface area contributed by atoms with Crippen LogP contribution in [-0.4, -0.2) is 16.7 Å². The lowest BCUT2D eigenvalue weighted by Crippen LogP contribution is -2.14. The maximum atomic E-state index is 13.1. The number of aryl methyl sites for hydroxylation is 1. The van der Waals surface area contributed by atoms with Gasteiger partial charge in [0.25, 0.3) is 5.91 Å². The minimum absolute atomic E-state index is 0.198. The van der Waals surface area contributed by atoms with Crippen LogP contribution < -0.4 is 5.32 Å². The van der Waals surface area contributed by atoms with E-state index in [2.05, 4.69) is 17.2 Å². The van der Waals surface area contributed by atoms with Crippen molar-refractivity contribution < 1.29 is 9.59 Å². The summed E-state index contributed by atoms with van der Waals surface area (Å²) in [6.07, 6.45) is 2.02. The average Bonchev–Trinajstić information content (AvgIpc) is 3.11. The van der Waals surface area contributed by atoms with Gasteiger partial charge in [0.15, 0.2) is 0 Å². The Morgan fingerprint density at radius 2 is 1.67 bits per heavy atom. The van der Waals surface area contributed by atoms with E-state index in [1.807, 2.05) is 42.5 Å². The number of hydrogen-bond donors (Lipinski definition) is 2. The number of carbonyl (C=O) groups excluding carboxylic acids is 2. The molecular formula is C25H21ClN2O2. The van der Waals surface area contributed by atoms with E-state index in [0.29, 0.717) is 33.0 Å². The van der Waals surface area contributed by atoms with E-state index >= 15 is 0 Å². The standard InChI is InChI=1S/C25H21ClN2O2/c1-2-6-16-9-11-18(12-10-16)25(30)28-22-20-14-13-19(26)15-21(20)27-23(22)24(29)17-7-4-3-5-8-17/h3-5,7-15,27H,2,6H2,1H3,(H,28,30). The molecule has 0 fully saturated rings. The molecule has 0 atom stereocenters. The highest BCUT2D eigenvalue weighted by molar-refractivity contribution is 6.31. The molecule has 0 aliphatic rings. The van der Waals surface area contributed by atoms with Crippen LogP contribution in [0.25, 0.3) is 10.9 Å². The van der Waals surface area contributed by atoms with E-state index in [-0.39, 0.29) is 11.7 Å². The molecule has 4 rings (SSSR count). The summed E-state index contributed by atoms with van der Waals surface area (Å²) in [5, 5.41) is 4.22. The molecule has 4 nitrogen and oxygen atoms in total. The van der Waals surface area contributed by atoms with Crippen LogP contribution in [0.2, 0.25) is 5.02 Å². The first-order valence-corrected chi connectivity index (χ1v) is 10.3. The van der Waals surface area contributed by atoms with Crippen LogP contribution in [0.15, 0.2) is 72.8 Å². The summed E-state index contributed by atoms with van der Waals surface area (Å²) in [6, 6.07) is 21.8. The van der Waals surface area contributed by atoms with Crippen molar-refractivity contribution in [2.24, 2.45) is 0 Å². The molecule has 1 amide bonds. The van der Waals surface area contributed by atoms with Gasteiger partial charge in [-0.3, -0.25) is 9.59 Å². The zero-order valence-corrected chi connectivity index (χ0v) is 17.3. The van der Waals surface area contributed by atoms with E-state index in [1.54, 1.807) is 30.3 Å². The van der Waals surface area contributed by atoms with Crippen LogP contribution in [-0.2, 0) is 6.42 Å². The van der Waals surface area contributed by atoms with Gasteiger partial charge in [-0.05, 0) is 42.3 Å². The fraction of sp³-hybridized carbons (Fsp3) is 0.120. The van der Waals surface area contributed by atoms with Gasteiger partial charge in [0.1, 0.15) is 5.69 Å². The molecule has 0 aliphatic heterocycles. The van der Waals surface area contributed by atoms with Gasteiger partial charge in [-0.25, -0.2) is 0 Å². The van der Waals surface area contributed by atoms with Gasteiger partial charge >= 0.3 is 0 Å². The van der Waals surface area contributed by atoms with Crippen molar-refractivity contribution in [1.29, 1.82) is 0 Å². The lowest BCUT2D eigenvalue weighted by molar-refractivity contribution is 0.102.